The zero-order chi connectivity index (χ0) is 59.0. The van der Waals surface area contributed by atoms with E-state index < -0.39 is 12.3 Å². The third kappa shape index (κ3) is 28.8. The lowest BCUT2D eigenvalue weighted by molar-refractivity contribution is -0.181. The summed E-state index contributed by atoms with van der Waals surface area (Å²) in [5.74, 6) is -0.351. The van der Waals surface area contributed by atoms with E-state index in [0.29, 0.717) is 168 Å². The summed E-state index contributed by atoms with van der Waals surface area (Å²) in [6.45, 7) is 11.3. The summed E-state index contributed by atoms with van der Waals surface area (Å²) in [5, 5.41) is 19.1. The van der Waals surface area contributed by atoms with E-state index in [9.17, 15) is 29.1 Å². The molecular weight excluding hydrogens is 1090 g/mol. The minimum Gasteiger partial charge on any atom is -0.446 e. The van der Waals surface area contributed by atoms with Crippen molar-refractivity contribution < 1.29 is 86.0 Å². The van der Waals surface area contributed by atoms with Gasteiger partial charge in [0.2, 0.25) is 17.7 Å². The van der Waals surface area contributed by atoms with Crippen LogP contribution in [0.5, 0.6) is 0 Å². The van der Waals surface area contributed by atoms with Crippen LogP contribution in [0, 0.1) is 0 Å². The molecule has 1 fully saturated rings. The lowest BCUT2D eigenvalue weighted by Gasteiger charge is -2.25. The lowest BCUT2D eigenvalue weighted by Crippen LogP contribution is -2.38. The average Bonchev–Trinajstić information content (AvgIpc) is 4.01. The second-order valence-electron chi connectivity index (χ2n) is 18.8. The minimum absolute atomic E-state index is 0.0225. The van der Waals surface area contributed by atoms with E-state index in [0.717, 1.165) is 30.4 Å². The molecule has 0 saturated heterocycles. The van der Waals surface area contributed by atoms with Gasteiger partial charge in [-0.2, -0.15) is 0 Å². The van der Waals surface area contributed by atoms with E-state index in [1.807, 2.05) is 25.1 Å². The number of ether oxygens (including phenoxy) is 11. The molecule has 2 aromatic rings. The first-order valence-electron chi connectivity index (χ1n) is 28.5. The molecule has 1 saturated carbocycles. The van der Waals surface area contributed by atoms with Gasteiger partial charge in [-0.15, -0.1) is 0 Å². The number of nitrogens with two attached hydrogens (primary N) is 1. The second-order valence-corrected chi connectivity index (χ2v) is 18.8. The maximum Gasteiger partial charge on any atom is 0.407 e. The highest BCUT2D eigenvalue weighted by atomic mass is 16.7. The number of hydroxylamine groups is 2. The van der Waals surface area contributed by atoms with Crippen LogP contribution in [0.25, 0.3) is 17.2 Å². The van der Waals surface area contributed by atoms with Crippen molar-refractivity contribution in [2.45, 2.75) is 70.7 Å². The van der Waals surface area contributed by atoms with Gasteiger partial charge in [-0.1, -0.05) is 19.1 Å². The van der Waals surface area contributed by atoms with Gasteiger partial charge in [-0.25, -0.2) is 24.8 Å². The Bertz CT molecular complexity index is 2310. The number of carbonyl (C=O) groups is 5. The highest BCUT2D eigenvalue weighted by Crippen LogP contribution is 2.32. The topological polar surface area (TPSA) is 323 Å². The fourth-order valence-electron chi connectivity index (χ4n) is 7.71. The molecule has 27 heteroatoms. The Morgan fingerprint density at radius 3 is 1.72 bits per heavy atom. The molecule has 5 amide bonds. The Hall–Kier alpha value is -6.08. The van der Waals surface area contributed by atoms with Gasteiger partial charge < -0.3 is 83.8 Å². The standard InChI is InChI=1S/C56H85N9O18/c1-2-14-65(82-18-13-59-56(71)83-47-4-3-5-47)55(70)45-37-44-7-6-43(38-48(44)63-49(57)39-45)46-40-60-50(61-41-46)42-62-52(67)11-16-72-19-21-74-23-25-76-27-29-78-31-33-80-35-36-81-34-32-79-30-28-77-26-24-75-22-20-73-17-12-58-51(66)10-15-64-53(68)8-9-54(64)69/h6-9,37-38,40-41,47,53,68H,2-5,10-36,39,42H2,1H3,(H2,57,63)(H,58,66)(H,59,71)(H,62,67). The number of aliphatic hydroxyl groups is 1. The van der Waals surface area contributed by atoms with Crippen molar-refractivity contribution in [2.24, 2.45) is 10.7 Å². The summed E-state index contributed by atoms with van der Waals surface area (Å²) >= 11 is 0. The Morgan fingerprint density at radius 1 is 0.675 bits per heavy atom. The number of nitrogens with one attached hydrogen (secondary N) is 3. The third-order valence-electron chi connectivity index (χ3n) is 12.3. The molecule has 2 aliphatic heterocycles. The summed E-state index contributed by atoms with van der Waals surface area (Å²) in [4.78, 5) is 81.9. The van der Waals surface area contributed by atoms with Crippen LogP contribution in [-0.2, 0) is 82.7 Å². The van der Waals surface area contributed by atoms with Crippen LogP contribution in [0.1, 0.15) is 63.3 Å². The number of hydrogen-bond donors (Lipinski definition) is 5. The summed E-state index contributed by atoms with van der Waals surface area (Å²) in [7, 11) is 0. The first-order chi connectivity index (χ1) is 40.6. The molecule has 0 bridgehead atoms. The Kier molecular flexibility index (Phi) is 34.1. The van der Waals surface area contributed by atoms with Crippen LogP contribution in [0.3, 0.4) is 0 Å². The Balaban J connectivity index is 0.749. The first-order valence-corrected chi connectivity index (χ1v) is 28.5. The highest BCUT2D eigenvalue weighted by molar-refractivity contribution is 6.05. The maximum atomic E-state index is 13.6. The summed E-state index contributed by atoms with van der Waals surface area (Å²) in [6, 6.07) is 5.60. The number of nitrogens with zero attached hydrogens (tertiary/aromatic N) is 5. The smallest absolute Gasteiger partial charge is 0.407 e. The normalized spacial score (nSPS) is 14.8. The molecule has 1 aliphatic carbocycles. The molecule has 462 valence electrons. The van der Waals surface area contributed by atoms with Gasteiger partial charge in [0.05, 0.1) is 151 Å². The largest absolute Gasteiger partial charge is 0.446 e. The molecule has 6 N–H and O–H groups in total. The number of alkyl carbamates (subject to hydrolysis) is 1. The minimum atomic E-state index is -0.973. The zero-order valence-electron chi connectivity index (χ0n) is 47.8. The van der Waals surface area contributed by atoms with Crippen LogP contribution in [0.2, 0.25) is 0 Å². The molecule has 27 nitrogen and oxygen atoms in total. The monoisotopic (exact) mass is 1170 g/mol. The number of amidine groups is 1. The van der Waals surface area contributed by atoms with Crippen molar-refractivity contribution in [3.63, 3.8) is 0 Å². The number of aromatic nitrogens is 2. The van der Waals surface area contributed by atoms with E-state index in [-0.39, 0.29) is 87.7 Å². The number of hydrogen-bond acceptors (Lipinski definition) is 22. The number of aliphatic imine (C=N–C) groups is 1. The average molecular weight is 1170 g/mol. The van der Waals surface area contributed by atoms with Gasteiger partial charge in [0.1, 0.15) is 24.0 Å². The van der Waals surface area contributed by atoms with Crippen LogP contribution < -0.4 is 21.7 Å². The number of carbonyl (C=O) groups excluding carboxylic acids is 5. The van der Waals surface area contributed by atoms with Crippen LogP contribution >= 0.6 is 0 Å². The molecular formula is C56H85N9O18. The van der Waals surface area contributed by atoms with Crippen molar-refractivity contribution in [1.29, 1.82) is 0 Å². The Morgan fingerprint density at radius 2 is 1.20 bits per heavy atom. The number of fused-ring (bicyclic) bond motifs is 1. The molecule has 1 aromatic carbocycles. The van der Waals surface area contributed by atoms with Gasteiger partial charge in [-0.3, -0.25) is 24.0 Å². The molecule has 1 atom stereocenters. The van der Waals surface area contributed by atoms with Crippen LogP contribution in [-0.4, -0.2) is 238 Å². The van der Waals surface area contributed by atoms with Crippen molar-refractivity contribution in [3.8, 4) is 11.1 Å². The van der Waals surface area contributed by atoms with Gasteiger partial charge in [-0.05, 0) is 49.5 Å². The molecule has 3 heterocycles. The van der Waals surface area contributed by atoms with Crippen molar-refractivity contribution in [2.75, 3.05) is 165 Å². The van der Waals surface area contributed by atoms with Gasteiger partial charge in [0, 0.05) is 80.6 Å². The molecule has 83 heavy (non-hydrogen) atoms. The molecule has 0 radical (unpaired) electrons. The Labute approximate surface area is 485 Å². The van der Waals surface area contributed by atoms with Crippen molar-refractivity contribution >= 4 is 47.3 Å². The van der Waals surface area contributed by atoms with Crippen LogP contribution in [0.15, 0.2) is 53.3 Å². The summed E-state index contributed by atoms with van der Waals surface area (Å²) in [5.41, 5.74) is 9.55. The van der Waals surface area contributed by atoms with Crippen LogP contribution in [0.4, 0.5) is 10.5 Å². The predicted octanol–water partition coefficient (Wildman–Crippen LogP) is 1.76. The molecule has 1 aromatic heterocycles. The fourth-order valence-corrected chi connectivity index (χ4v) is 7.71. The fraction of sp³-hybridized carbons (Fsp3) is 0.643. The van der Waals surface area contributed by atoms with Crippen molar-refractivity contribution in [1.82, 2.24) is 35.9 Å². The van der Waals surface area contributed by atoms with Crippen molar-refractivity contribution in [3.05, 3.63) is 59.7 Å². The van der Waals surface area contributed by atoms with Gasteiger partial charge in [0.25, 0.3) is 5.91 Å². The lowest BCUT2D eigenvalue weighted by atomic mass is 9.96. The molecule has 5 rings (SSSR count). The predicted molar refractivity (Wildman–Crippen MR) is 301 cm³/mol. The second kappa shape index (κ2) is 41.8. The number of rotatable bonds is 47. The maximum absolute atomic E-state index is 13.6. The molecule has 3 aliphatic rings. The van der Waals surface area contributed by atoms with Gasteiger partial charge >= 0.3 is 6.09 Å². The first kappa shape index (κ1) is 67.7. The SMILES string of the molecule is CCCN(OCCNC(=O)OC1CCC1)C(=O)C1=Cc2ccc(-c3cnc(CNC(=O)CCOCCOCCOCCOCCOCCOCCOCCOCCOCCOCCNC(=O)CCN4C(=O)C=CC4O)nc3)cc2N=C(N)C1. The van der Waals surface area contributed by atoms with E-state index in [1.165, 1.54) is 22.1 Å². The number of amides is 5. The highest BCUT2D eigenvalue weighted by Gasteiger charge is 2.25. The van der Waals surface area contributed by atoms with E-state index in [2.05, 4.69) is 30.9 Å². The van der Waals surface area contributed by atoms with E-state index in [4.69, 9.17) is 62.7 Å². The zero-order valence-corrected chi connectivity index (χ0v) is 47.8. The van der Waals surface area contributed by atoms with E-state index >= 15 is 0 Å². The third-order valence-corrected chi connectivity index (χ3v) is 12.3. The number of aliphatic hydroxyl groups excluding tert-OH is 1. The molecule has 0 spiro atoms. The van der Waals surface area contributed by atoms with E-state index in [1.54, 1.807) is 18.5 Å². The molecule has 1 unspecified atom stereocenters. The summed E-state index contributed by atoms with van der Waals surface area (Å²) in [6.07, 6.45) is 10.2. The van der Waals surface area contributed by atoms with Gasteiger partial charge in [0.15, 0.2) is 0 Å². The quantitative estimate of drug-likeness (QED) is 0.0466. The summed E-state index contributed by atoms with van der Waals surface area (Å²) < 4.78 is 60.3. The number of benzene rings is 1.